The number of carbonyl (C=O) groups is 2. The minimum Gasteiger partial charge on any atom is -0.456 e. The molecule has 2 rings (SSSR count). The first-order valence-corrected chi connectivity index (χ1v) is 9.79. The summed E-state index contributed by atoms with van der Waals surface area (Å²) in [6.07, 6.45) is 0.982. The van der Waals surface area contributed by atoms with E-state index in [1.807, 2.05) is 61.5 Å². The maximum absolute atomic E-state index is 11.9. The van der Waals surface area contributed by atoms with E-state index in [0.29, 0.717) is 17.9 Å². The van der Waals surface area contributed by atoms with Crippen LogP contribution in [0.5, 0.6) is 0 Å². The van der Waals surface area contributed by atoms with Crippen LogP contribution in [0.15, 0.2) is 59.5 Å². The molecule has 0 spiro atoms. The molecule has 0 saturated carbocycles. The molecule has 1 atom stereocenters. The summed E-state index contributed by atoms with van der Waals surface area (Å²) in [5, 5.41) is 3.52. The number of hydrogen-bond donors (Lipinski definition) is 1. The first-order valence-electron chi connectivity index (χ1n) is 8.43. The highest BCUT2D eigenvalue weighted by Crippen LogP contribution is 2.21. The summed E-state index contributed by atoms with van der Waals surface area (Å²) in [4.78, 5) is 24.7. The monoisotopic (exact) mass is 391 g/mol. The first kappa shape index (κ1) is 20.3. The van der Waals surface area contributed by atoms with Crippen LogP contribution in [0.25, 0.3) is 0 Å². The van der Waals surface area contributed by atoms with Crippen LogP contribution in [0.4, 0.5) is 0 Å². The second-order valence-corrected chi connectivity index (χ2v) is 7.37. The van der Waals surface area contributed by atoms with Gasteiger partial charge in [-0.05, 0) is 48.9 Å². The van der Waals surface area contributed by atoms with Crippen molar-refractivity contribution in [2.24, 2.45) is 0 Å². The lowest BCUT2D eigenvalue weighted by molar-refractivity contribution is -0.148. The summed E-state index contributed by atoms with van der Waals surface area (Å²) < 4.78 is 5.03. The summed E-state index contributed by atoms with van der Waals surface area (Å²) in [5.41, 5.74) is 1.01. The van der Waals surface area contributed by atoms with Gasteiger partial charge in [-0.3, -0.25) is 9.59 Å². The highest BCUT2D eigenvalue weighted by Gasteiger charge is 2.11. The predicted octanol–water partition coefficient (Wildman–Crippen LogP) is 4.63. The fourth-order valence-electron chi connectivity index (χ4n) is 2.26. The molecule has 1 amide bonds. The van der Waals surface area contributed by atoms with E-state index in [1.165, 1.54) is 0 Å². The van der Waals surface area contributed by atoms with Crippen LogP contribution in [0.3, 0.4) is 0 Å². The molecule has 26 heavy (non-hydrogen) atoms. The van der Waals surface area contributed by atoms with Gasteiger partial charge in [-0.15, -0.1) is 11.8 Å². The fourth-order valence-corrected chi connectivity index (χ4v) is 3.24. The van der Waals surface area contributed by atoms with Crippen molar-refractivity contribution in [3.05, 3.63) is 65.2 Å². The molecule has 0 saturated heterocycles. The Hall–Kier alpha value is -1.98. The molecule has 6 heteroatoms. The number of thioether (sulfide) groups is 1. The van der Waals surface area contributed by atoms with Gasteiger partial charge in [0, 0.05) is 16.3 Å². The van der Waals surface area contributed by atoms with E-state index in [4.69, 9.17) is 16.3 Å². The van der Waals surface area contributed by atoms with Gasteiger partial charge in [0.15, 0.2) is 6.61 Å². The van der Waals surface area contributed by atoms with Gasteiger partial charge in [0.2, 0.25) is 0 Å². The van der Waals surface area contributed by atoms with E-state index in [9.17, 15) is 9.59 Å². The lowest BCUT2D eigenvalue weighted by Gasteiger charge is -2.14. The fraction of sp³-hybridized carbons (Fsp3) is 0.300. The molecule has 0 aliphatic carbocycles. The van der Waals surface area contributed by atoms with E-state index in [-0.39, 0.29) is 24.5 Å². The Morgan fingerprint density at radius 1 is 1.12 bits per heavy atom. The molecule has 2 aromatic rings. The third-order valence-corrected chi connectivity index (χ3v) is 5.00. The molecule has 4 nitrogen and oxygen atoms in total. The molecule has 0 fully saturated rings. The van der Waals surface area contributed by atoms with Gasteiger partial charge in [0.05, 0.1) is 6.04 Å². The number of carbonyl (C=O) groups excluding carboxylic acids is 2. The SMILES string of the molecule is C[C@H](NC(=O)COC(=O)CCCSc1ccc(Cl)cc1)c1ccccc1. The van der Waals surface area contributed by atoms with E-state index in [1.54, 1.807) is 11.8 Å². The van der Waals surface area contributed by atoms with Gasteiger partial charge in [-0.2, -0.15) is 0 Å². The van der Waals surface area contributed by atoms with Crippen molar-refractivity contribution in [2.45, 2.75) is 30.7 Å². The Morgan fingerprint density at radius 2 is 1.81 bits per heavy atom. The van der Waals surface area contributed by atoms with Crippen LogP contribution in [0, 0.1) is 0 Å². The van der Waals surface area contributed by atoms with Crippen molar-refractivity contribution in [1.82, 2.24) is 5.32 Å². The number of esters is 1. The molecule has 138 valence electrons. The van der Waals surface area contributed by atoms with Crippen LogP contribution in [-0.4, -0.2) is 24.2 Å². The zero-order valence-corrected chi connectivity index (χ0v) is 16.2. The van der Waals surface area contributed by atoms with Crippen LogP contribution in [-0.2, 0) is 14.3 Å². The quantitative estimate of drug-likeness (QED) is 0.384. The Bertz CT molecular complexity index is 707. The molecule has 0 bridgehead atoms. The van der Waals surface area contributed by atoms with Crippen molar-refractivity contribution in [3.63, 3.8) is 0 Å². The first-order chi connectivity index (χ1) is 12.5. The van der Waals surface area contributed by atoms with Crippen LogP contribution >= 0.6 is 23.4 Å². The Kier molecular flexibility index (Phi) is 8.51. The van der Waals surface area contributed by atoms with Crippen LogP contribution in [0.1, 0.15) is 31.4 Å². The van der Waals surface area contributed by atoms with E-state index < -0.39 is 0 Å². The minimum atomic E-state index is -0.357. The van der Waals surface area contributed by atoms with Gasteiger partial charge in [0.25, 0.3) is 5.91 Å². The van der Waals surface area contributed by atoms with Crippen molar-refractivity contribution >= 4 is 35.2 Å². The van der Waals surface area contributed by atoms with Gasteiger partial charge < -0.3 is 10.1 Å². The van der Waals surface area contributed by atoms with Crippen molar-refractivity contribution in [2.75, 3.05) is 12.4 Å². The number of rotatable bonds is 9. The molecular weight excluding hydrogens is 370 g/mol. The van der Waals surface area contributed by atoms with Crippen molar-refractivity contribution in [3.8, 4) is 0 Å². The number of ether oxygens (including phenoxy) is 1. The average Bonchev–Trinajstić information content (AvgIpc) is 2.65. The second kappa shape index (κ2) is 10.9. The smallest absolute Gasteiger partial charge is 0.306 e. The van der Waals surface area contributed by atoms with E-state index >= 15 is 0 Å². The van der Waals surface area contributed by atoms with E-state index in [2.05, 4.69) is 5.32 Å². The average molecular weight is 392 g/mol. The molecule has 0 heterocycles. The summed E-state index contributed by atoms with van der Waals surface area (Å²) in [6.45, 7) is 1.64. The molecule has 1 N–H and O–H groups in total. The van der Waals surface area contributed by atoms with Gasteiger partial charge >= 0.3 is 5.97 Å². The molecule has 0 aliphatic heterocycles. The Morgan fingerprint density at radius 3 is 2.50 bits per heavy atom. The minimum absolute atomic E-state index is 0.127. The molecule has 2 aromatic carbocycles. The Labute approximate surface area is 163 Å². The zero-order valence-electron chi connectivity index (χ0n) is 14.6. The molecule has 0 unspecified atom stereocenters. The number of nitrogens with one attached hydrogen (secondary N) is 1. The number of halogens is 1. The molecule has 0 aromatic heterocycles. The van der Waals surface area contributed by atoms with Gasteiger partial charge in [0.1, 0.15) is 0 Å². The van der Waals surface area contributed by atoms with Gasteiger partial charge in [-0.1, -0.05) is 41.9 Å². The van der Waals surface area contributed by atoms with Crippen molar-refractivity contribution < 1.29 is 14.3 Å². The highest BCUT2D eigenvalue weighted by atomic mass is 35.5. The Balaban J connectivity index is 1.59. The summed E-state index contributed by atoms with van der Waals surface area (Å²) in [6, 6.07) is 17.1. The molecular formula is C20H22ClNO3S. The number of hydrogen-bond acceptors (Lipinski definition) is 4. The summed E-state index contributed by atoms with van der Waals surface area (Å²) in [5.74, 6) is 0.142. The predicted molar refractivity (Wildman–Crippen MR) is 105 cm³/mol. The highest BCUT2D eigenvalue weighted by molar-refractivity contribution is 7.99. The maximum atomic E-state index is 11.9. The summed E-state index contributed by atoms with van der Waals surface area (Å²) >= 11 is 7.49. The lowest BCUT2D eigenvalue weighted by atomic mass is 10.1. The molecule has 0 radical (unpaired) electrons. The topological polar surface area (TPSA) is 55.4 Å². The van der Waals surface area contributed by atoms with Crippen LogP contribution in [0.2, 0.25) is 5.02 Å². The lowest BCUT2D eigenvalue weighted by Crippen LogP contribution is -2.31. The third-order valence-electron chi connectivity index (χ3n) is 3.65. The number of benzene rings is 2. The molecule has 0 aliphatic rings. The van der Waals surface area contributed by atoms with Gasteiger partial charge in [-0.25, -0.2) is 0 Å². The van der Waals surface area contributed by atoms with Crippen molar-refractivity contribution in [1.29, 1.82) is 0 Å². The van der Waals surface area contributed by atoms with E-state index in [0.717, 1.165) is 16.2 Å². The largest absolute Gasteiger partial charge is 0.456 e. The normalized spacial score (nSPS) is 11.6. The number of amides is 1. The van der Waals surface area contributed by atoms with Crippen LogP contribution < -0.4 is 5.32 Å². The standard InChI is InChI=1S/C20H22ClNO3S/c1-15(16-6-3-2-4-7-16)22-19(23)14-25-20(24)8-5-13-26-18-11-9-17(21)10-12-18/h2-4,6-7,9-12,15H,5,8,13-14H2,1H3,(H,22,23)/t15-/m0/s1. The third kappa shape index (κ3) is 7.50. The second-order valence-electron chi connectivity index (χ2n) is 5.77. The summed E-state index contributed by atoms with van der Waals surface area (Å²) in [7, 11) is 0. The maximum Gasteiger partial charge on any atom is 0.306 e. The zero-order chi connectivity index (χ0) is 18.8.